The lowest BCUT2D eigenvalue weighted by Gasteiger charge is -2.18. The van der Waals surface area contributed by atoms with Gasteiger partial charge in [0.05, 0.1) is 0 Å². The molecule has 0 spiro atoms. The molecule has 2 aromatic carbocycles. The molecule has 0 amide bonds. The van der Waals surface area contributed by atoms with Crippen LogP contribution < -0.4 is 5.32 Å². The molecule has 0 bridgehead atoms. The maximum Gasteiger partial charge on any atom is 0.126 e. The second-order valence-corrected chi connectivity index (χ2v) is 7.23. The number of hydrogen-bond acceptors (Lipinski definition) is 1. The minimum atomic E-state index is -0.178. The number of benzene rings is 2. The third-order valence-electron chi connectivity index (χ3n) is 3.07. The third kappa shape index (κ3) is 4.13. The molecule has 2 aromatic rings. The van der Waals surface area contributed by atoms with E-state index in [1.54, 1.807) is 6.07 Å². The second kappa shape index (κ2) is 7.16. The van der Waals surface area contributed by atoms with E-state index in [-0.39, 0.29) is 11.9 Å². The van der Waals surface area contributed by atoms with Crippen LogP contribution in [-0.2, 0) is 6.42 Å². The van der Waals surface area contributed by atoms with E-state index in [4.69, 9.17) is 0 Å². The lowest BCUT2D eigenvalue weighted by Crippen LogP contribution is -2.19. The first kappa shape index (κ1) is 16.1. The first-order valence-corrected chi connectivity index (χ1v) is 8.44. The van der Waals surface area contributed by atoms with E-state index in [1.807, 2.05) is 31.3 Å². The van der Waals surface area contributed by atoms with Crippen molar-refractivity contribution in [3.63, 3.8) is 0 Å². The Hall–Kier alpha value is -0.230. The minimum absolute atomic E-state index is 0.0487. The van der Waals surface area contributed by atoms with Gasteiger partial charge in [0, 0.05) is 19.5 Å². The lowest BCUT2D eigenvalue weighted by atomic mass is 9.99. The van der Waals surface area contributed by atoms with Crippen LogP contribution in [0.2, 0.25) is 0 Å². The molecule has 0 aliphatic heterocycles. The van der Waals surface area contributed by atoms with Gasteiger partial charge in [0.1, 0.15) is 5.82 Å². The first-order chi connectivity index (χ1) is 9.49. The molecule has 106 valence electrons. The summed E-state index contributed by atoms with van der Waals surface area (Å²) in [6.45, 7) is 0. The number of halogens is 4. The van der Waals surface area contributed by atoms with Crippen LogP contribution in [0.1, 0.15) is 17.2 Å². The molecular formula is C15H13Br3FN. The molecule has 0 radical (unpaired) electrons. The molecule has 0 heterocycles. The van der Waals surface area contributed by atoms with E-state index in [1.165, 1.54) is 6.07 Å². The molecule has 0 fully saturated rings. The summed E-state index contributed by atoms with van der Waals surface area (Å²) in [7, 11) is 1.88. The molecule has 1 nitrogen and oxygen atoms in total. The molecule has 1 unspecified atom stereocenters. The number of rotatable bonds is 4. The lowest BCUT2D eigenvalue weighted by molar-refractivity contribution is 0.554. The molecule has 0 aromatic heterocycles. The molecule has 0 aliphatic rings. The fourth-order valence-corrected chi connectivity index (χ4v) is 3.82. The predicted octanol–water partition coefficient (Wildman–Crippen LogP) is 5.62. The Morgan fingerprint density at radius 3 is 2.25 bits per heavy atom. The number of nitrogens with one attached hydrogen (secondary N) is 1. The van der Waals surface area contributed by atoms with Crippen LogP contribution >= 0.6 is 47.8 Å². The normalized spacial score (nSPS) is 12.4. The molecule has 2 rings (SSSR count). The van der Waals surface area contributed by atoms with Crippen LogP contribution in [0.3, 0.4) is 0 Å². The van der Waals surface area contributed by atoms with Gasteiger partial charge in [0.2, 0.25) is 0 Å². The van der Waals surface area contributed by atoms with E-state index in [9.17, 15) is 4.39 Å². The highest BCUT2D eigenvalue weighted by molar-refractivity contribution is 9.11. The van der Waals surface area contributed by atoms with Gasteiger partial charge in [0.25, 0.3) is 0 Å². The van der Waals surface area contributed by atoms with Crippen molar-refractivity contribution < 1.29 is 4.39 Å². The number of hydrogen-bond donors (Lipinski definition) is 1. The highest BCUT2D eigenvalue weighted by Crippen LogP contribution is 2.27. The van der Waals surface area contributed by atoms with Gasteiger partial charge in [-0.1, -0.05) is 47.8 Å². The van der Waals surface area contributed by atoms with Gasteiger partial charge in [-0.2, -0.15) is 0 Å². The fourth-order valence-electron chi connectivity index (χ4n) is 2.08. The Kier molecular flexibility index (Phi) is 5.78. The average Bonchev–Trinajstić information content (AvgIpc) is 2.38. The Morgan fingerprint density at radius 1 is 1.00 bits per heavy atom. The molecule has 5 heteroatoms. The highest BCUT2D eigenvalue weighted by Gasteiger charge is 2.14. The summed E-state index contributed by atoms with van der Waals surface area (Å²) in [6.07, 6.45) is 0.588. The summed E-state index contributed by atoms with van der Waals surface area (Å²) in [5.74, 6) is -0.178. The van der Waals surface area contributed by atoms with E-state index >= 15 is 0 Å². The molecule has 0 saturated heterocycles. The summed E-state index contributed by atoms with van der Waals surface area (Å²) in [4.78, 5) is 0. The van der Waals surface area contributed by atoms with Gasteiger partial charge in [0.15, 0.2) is 0 Å². The van der Waals surface area contributed by atoms with E-state index in [2.05, 4.69) is 53.1 Å². The Balaban J connectivity index is 2.30. The van der Waals surface area contributed by atoms with Crippen molar-refractivity contribution in [2.45, 2.75) is 12.5 Å². The zero-order valence-corrected chi connectivity index (χ0v) is 15.5. The monoisotopic (exact) mass is 463 g/mol. The van der Waals surface area contributed by atoms with Gasteiger partial charge < -0.3 is 5.32 Å². The molecule has 1 atom stereocenters. The van der Waals surface area contributed by atoms with Crippen LogP contribution in [0.25, 0.3) is 0 Å². The van der Waals surface area contributed by atoms with Crippen molar-refractivity contribution in [2.75, 3.05) is 7.05 Å². The first-order valence-electron chi connectivity index (χ1n) is 6.07. The topological polar surface area (TPSA) is 12.0 Å². The van der Waals surface area contributed by atoms with Crippen LogP contribution in [-0.4, -0.2) is 7.05 Å². The Labute approximate surface area is 143 Å². The quantitative estimate of drug-likeness (QED) is 0.618. The molecule has 20 heavy (non-hydrogen) atoms. The molecule has 0 saturated carbocycles. The summed E-state index contributed by atoms with van der Waals surface area (Å²) < 4.78 is 16.8. The van der Waals surface area contributed by atoms with Gasteiger partial charge in [-0.05, 0) is 61.0 Å². The zero-order chi connectivity index (χ0) is 14.7. The van der Waals surface area contributed by atoms with Gasteiger partial charge in [-0.25, -0.2) is 4.39 Å². The highest BCUT2D eigenvalue weighted by atomic mass is 79.9. The largest absolute Gasteiger partial charge is 0.313 e. The van der Waals surface area contributed by atoms with Crippen LogP contribution in [0.5, 0.6) is 0 Å². The smallest absolute Gasteiger partial charge is 0.126 e. The van der Waals surface area contributed by atoms with E-state index in [0.29, 0.717) is 12.0 Å². The van der Waals surface area contributed by atoms with Crippen molar-refractivity contribution in [1.29, 1.82) is 0 Å². The zero-order valence-electron chi connectivity index (χ0n) is 10.8. The molecule has 1 N–H and O–H groups in total. The summed E-state index contributed by atoms with van der Waals surface area (Å²) in [5, 5.41) is 3.24. The maximum absolute atomic E-state index is 13.9. The summed E-state index contributed by atoms with van der Waals surface area (Å²) in [5.41, 5.74) is 1.79. The van der Waals surface area contributed by atoms with Crippen LogP contribution in [0, 0.1) is 5.82 Å². The van der Waals surface area contributed by atoms with E-state index in [0.717, 1.165) is 19.0 Å². The SMILES string of the molecule is CNC(Cc1cc(Br)ccc1F)c1cc(Br)cc(Br)c1. The predicted molar refractivity (Wildman–Crippen MR) is 91.4 cm³/mol. The summed E-state index contributed by atoms with van der Waals surface area (Å²) in [6, 6.07) is 11.1. The minimum Gasteiger partial charge on any atom is -0.313 e. The van der Waals surface area contributed by atoms with Crippen molar-refractivity contribution >= 4 is 47.8 Å². The average molecular weight is 466 g/mol. The van der Waals surface area contributed by atoms with Crippen LogP contribution in [0.4, 0.5) is 4.39 Å². The number of likely N-dealkylation sites (N-methyl/N-ethyl adjacent to an activating group) is 1. The van der Waals surface area contributed by atoms with Crippen molar-refractivity contribution in [2.24, 2.45) is 0 Å². The summed E-state index contributed by atoms with van der Waals surface area (Å²) >= 11 is 10.4. The van der Waals surface area contributed by atoms with Crippen molar-refractivity contribution in [3.8, 4) is 0 Å². The van der Waals surface area contributed by atoms with Crippen molar-refractivity contribution in [1.82, 2.24) is 5.32 Å². The third-order valence-corrected chi connectivity index (χ3v) is 4.48. The van der Waals surface area contributed by atoms with Gasteiger partial charge >= 0.3 is 0 Å². The molecule has 0 aliphatic carbocycles. The van der Waals surface area contributed by atoms with E-state index < -0.39 is 0 Å². The Morgan fingerprint density at radius 2 is 1.65 bits per heavy atom. The van der Waals surface area contributed by atoms with Crippen LogP contribution in [0.15, 0.2) is 49.8 Å². The standard InChI is InChI=1S/C15H13Br3FN/c1-20-15(10-5-12(17)8-13(18)6-10)7-9-4-11(16)2-3-14(9)19/h2-6,8,15,20H,7H2,1H3. The fraction of sp³-hybridized carbons (Fsp3) is 0.200. The van der Waals surface area contributed by atoms with Crippen molar-refractivity contribution in [3.05, 3.63) is 66.8 Å². The van der Waals surface area contributed by atoms with Gasteiger partial charge in [-0.15, -0.1) is 0 Å². The maximum atomic E-state index is 13.9. The van der Waals surface area contributed by atoms with Gasteiger partial charge in [-0.3, -0.25) is 0 Å². The second-order valence-electron chi connectivity index (χ2n) is 4.48. The molecular weight excluding hydrogens is 453 g/mol. The Bertz CT molecular complexity index is 596.